The number of fused-ring (bicyclic) bond motifs is 1. The summed E-state index contributed by atoms with van der Waals surface area (Å²) in [6.45, 7) is 3.76. The molecule has 2 aliphatic heterocycles. The minimum absolute atomic E-state index is 0.0727. The molecule has 1 atom stereocenters. The van der Waals surface area contributed by atoms with Crippen molar-refractivity contribution in [1.29, 1.82) is 0 Å². The van der Waals surface area contributed by atoms with Crippen LogP contribution in [0.5, 0.6) is 11.5 Å². The number of likely N-dealkylation sites (tertiary alicyclic amines) is 1. The Morgan fingerprint density at radius 3 is 2.93 bits per heavy atom. The number of benzene rings is 1. The summed E-state index contributed by atoms with van der Waals surface area (Å²) in [4.78, 5) is 23.6. The summed E-state index contributed by atoms with van der Waals surface area (Å²) in [5.41, 5.74) is 1.73. The molecule has 8 heteroatoms. The van der Waals surface area contributed by atoms with E-state index in [2.05, 4.69) is 20.2 Å². The summed E-state index contributed by atoms with van der Waals surface area (Å²) in [5.74, 6) is 1.69. The third-order valence-electron chi connectivity index (χ3n) is 5.06. The molecule has 1 amide bonds. The Labute approximate surface area is 168 Å². The molecule has 1 N–H and O–H groups in total. The second-order valence-corrected chi connectivity index (χ2v) is 7.87. The van der Waals surface area contributed by atoms with Crippen LogP contribution in [0.15, 0.2) is 35.7 Å². The lowest BCUT2D eigenvalue weighted by Crippen LogP contribution is -2.40. The van der Waals surface area contributed by atoms with Gasteiger partial charge in [0.2, 0.25) is 6.79 Å². The Hall–Kier alpha value is -2.32. The van der Waals surface area contributed by atoms with Crippen LogP contribution in [0.3, 0.4) is 0 Å². The summed E-state index contributed by atoms with van der Waals surface area (Å²) in [6.07, 6.45) is 8.05. The fourth-order valence-corrected chi connectivity index (χ4v) is 3.94. The fraction of sp³-hybridized carbons (Fsp3) is 0.450. The maximum atomic E-state index is 12.5. The molecule has 0 saturated carbocycles. The number of amides is 1. The van der Waals surface area contributed by atoms with E-state index < -0.39 is 0 Å². The van der Waals surface area contributed by atoms with Crippen LogP contribution in [0.2, 0.25) is 0 Å². The van der Waals surface area contributed by atoms with Crippen LogP contribution < -0.4 is 14.8 Å². The van der Waals surface area contributed by atoms with Gasteiger partial charge in [0.05, 0.1) is 0 Å². The first-order valence-electron chi connectivity index (χ1n) is 9.46. The number of piperidine rings is 1. The molecule has 4 rings (SSSR count). The zero-order chi connectivity index (χ0) is 19.3. The number of carbonyl (C=O) groups is 1. The standard InChI is InChI=1S/C20H24N4O3S/c1-28-20-22-9-15(10-23-20)12-24-6-2-3-14(11-24)8-21-19(25)16-4-5-17-18(7-16)27-13-26-17/h4-5,7,9-10,14H,2-3,6,8,11-13H2,1H3,(H,21,25). The molecule has 2 aromatic rings. The predicted molar refractivity (Wildman–Crippen MR) is 107 cm³/mol. The molecule has 2 aliphatic rings. The van der Waals surface area contributed by atoms with Crippen LogP contribution >= 0.6 is 11.8 Å². The van der Waals surface area contributed by atoms with Crippen LogP contribution in [0.4, 0.5) is 0 Å². The molecule has 0 aliphatic carbocycles. The fourth-order valence-electron chi connectivity index (χ4n) is 3.63. The highest BCUT2D eigenvalue weighted by Crippen LogP contribution is 2.32. The van der Waals surface area contributed by atoms with E-state index in [0.717, 1.165) is 43.2 Å². The monoisotopic (exact) mass is 400 g/mol. The average Bonchev–Trinajstić information content (AvgIpc) is 3.21. The Morgan fingerprint density at radius 1 is 1.29 bits per heavy atom. The molecule has 0 radical (unpaired) electrons. The Balaban J connectivity index is 1.28. The molecular formula is C20H24N4O3S. The van der Waals surface area contributed by atoms with Gasteiger partial charge in [0.25, 0.3) is 5.91 Å². The van der Waals surface area contributed by atoms with Gasteiger partial charge in [-0.1, -0.05) is 11.8 Å². The summed E-state index contributed by atoms with van der Waals surface area (Å²) in [7, 11) is 0. The predicted octanol–water partition coefficient (Wildman–Crippen LogP) is 2.57. The largest absolute Gasteiger partial charge is 0.454 e. The minimum Gasteiger partial charge on any atom is -0.454 e. The van der Waals surface area contributed by atoms with E-state index in [9.17, 15) is 4.79 Å². The third-order valence-corrected chi connectivity index (χ3v) is 5.64. The van der Waals surface area contributed by atoms with Crippen LogP contribution in [-0.2, 0) is 6.54 Å². The van der Waals surface area contributed by atoms with Gasteiger partial charge in [-0.3, -0.25) is 9.69 Å². The highest BCUT2D eigenvalue weighted by molar-refractivity contribution is 7.98. The zero-order valence-electron chi connectivity index (χ0n) is 15.9. The number of nitrogens with zero attached hydrogens (tertiary/aromatic N) is 3. The van der Waals surface area contributed by atoms with E-state index >= 15 is 0 Å². The zero-order valence-corrected chi connectivity index (χ0v) is 16.7. The third kappa shape index (κ3) is 4.56. The molecule has 0 bridgehead atoms. The number of thioether (sulfide) groups is 1. The van der Waals surface area contributed by atoms with Crippen LogP contribution in [0, 0.1) is 5.92 Å². The molecule has 1 aromatic heterocycles. The second-order valence-electron chi connectivity index (χ2n) is 7.10. The van der Waals surface area contributed by atoms with Crippen LogP contribution in [-0.4, -0.2) is 53.5 Å². The molecule has 0 spiro atoms. The highest BCUT2D eigenvalue weighted by atomic mass is 32.2. The van der Waals surface area contributed by atoms with E-state index in [1.54, 1.807) is 30.0 Å². The highest BCUT2D eigenvalue weighted by Gasteiger charge is 2.22. The van der Waals surface area contributed by atoms with Gasteiger partial charge < -0.3 is 14.8 Å². The molecule has 7 nitrogen and oxygen atoms in total. The molecule has 1 aromatic carbocycles. The van der Waals surface area contributed by atoms with E-state index in [1.165, 1.54) is 0 Å². The molecule has 3 heterocycles. The number of aromatic nitrogens is 2. The van der Waals surface area contributed by atoms with Crippen molar-refractivity contribution in [2.24, 2.45) is 5.92 Å². The van der Waals surface area contributed by atoms with Crippen molar-refractivity contribution in [1.82, 2.24) is 20.2 Å². The molecular weight excluding hydrogens is 376 g/mol. The first-order chi connectivity index (χ1) is 13.7. The second kappa shape index (κ2) is 8.79. The van der Waals surface area contributed by atoms with E-state index in [0.29, 0.717) is 29.5 Å². The molecule has 1 saturated heterocycles. The number of rotatable bonds is 6. The average molecular weight is 401 g/mol. The van der Waals surface area contributed by atoms with Gasteiger partial charge in [0.1, 0.15) is 0 Å². The Morgan fingerprint density at radius 2 is 2.11 bits per heavy atom. The van der Waals surface area contributed by atoms with E-state index in [1.807, 2.05) is 18.6 Å². The van der Waals surface area contributed by atoms with Crippen LogP contribution in [0.25, 0.3) is 0 Å². The summed E-state index contributed by atoms with van der Waals surface area (Å²) in [5, 5.41) is 3.87. The van der Waals surface area contributed by atoms with Gasteiger partial charge in [-0.15, -0.1) is 0 Å². The number of carbonyl (C=O) groups excluding carboxylic acids is 1. The normalized spacial score (nSPS) is 18.8. The van der Waals surface area contributed by atoms with Crippen molar-refractivity contribution < 1.29 is 14.3 Å². The maximum absolute atomic E-state index is 12.5. The minimum atomic E-state index is -0.0727. The lowest BCUT2D eigenvalue weighted by atomic mass is 9.97. The Kier molecular flexibility index (Phi) is 5.97. The van der Waals surface area contributed by atoms with Crippen molar-refractivity contribution in [2.75, 3.05) is 32.7 Å². The van der Waals surface area contributed by atoms with Crippen molar-refractivity contribution in [3.63, 3.8) is 0 Å². The number of hydrogen-bond donors (Lipinski definition) is 1. The van der Waals surface area contributed by atoms with Crippen molar-refractivity contribution in [3.8, 4) is 11.5 Å². The van der Waals surface area contributed by atoms with Gasteiger partial charge in [-0.2, -0.15) is 0 Å². The van der Waals surface area contributed by atoms with E-state index in [4.69, 9.17) is 9.47 Å². The molecule has 28 heavy (non-hydrogen) atoms. The van der Waals surface area contributed by atoms with Gasteiger partial charge in [0, 0.05) is 43.2 Å². The smallest absolute Gasteiger partial charge is 0.251 e. The van der Waals surface area contributed by atoms with Gasteiger partial charge in [0.15, 0.2) is 16.7 Å². The quantitative estimate of drug-likeness (QED) is 0.590. The molecule has 1 fully saturated rings. The Bertz CT molecular complexity index is 831. The first kappa shape index (κ1) is 19.0. The van der Waals surface area contributed by atoms with Gasteiger partial charge in [-0.25, -0.2) is 9.97 Å². The van der Waals surface area contributed by atoms with Crippen molar-refractivity contribution >= 4 is 17.7 Å². The number of nitrogens with one attached hydrogen (secondary N) is 1. The summed E-state index contributed by atoms with van der Waals surface area (Å²) >= 11 is 1.55. The maximum Gasteiger partial charge on any atom is 0.251 e. The van der Waals surface area contributed by atoms with Crippen molar-refractivity contribution in [2.45, 2.75) is 24.5 Å². The summed E-state index contributed by atoms with van der Waals surface area (Å²) < 4.78 is 10.6. The summed E-state index contributed by atoms with van der Waals surface area (Å²) in [6, 6.07) is 5.29. The van der Waals surface area contributed by atoms with Gasteiger partial charge in [-0.05, 0) is 49.8 Å². The molecule has 148 valence electrons. The van der Waals surface area contributed by atoms with Gasteiger partial charge >= 0.3 is 0 Å². The van der Waals surface area contributed by atoms with Crippen LogP contribution in [0.1, 0.15) is 28.8 Å². The lowest BCUT2D eigenvalue weighted by molar-refractivity contribution is 0.0930. The molecule has 1 unspecified atom stereocenters. The first-order valence-corrected chi connectivity index (χ1v) is 10.7. The number of ether oxygens (including phenoxy) is 2. The number of hydrogen-bond acceptors (Lipinski definition) is 7. The van der Waals surface area contributed by atoms with Crippen molar-refractivity contribution in [3.05, 3.63) is 41.7 Å². The lowest BCUT2D eigenvalue weighted by Gasteiger charge is -2.32. The van der Waals surface area contributed by atoms with E-state index in [-0.39, 0.29) is 12.7 Å². The topological polar surface area (TPSA) is 76.6 Å². The SMILES string of the molecule is CSc1ncc(CN2CCCC(CNC(=O)c3ccc4c(c3)OCO4)C2)cn1.